The third-order valence-electron chi connectivity index (χ3n) is 22.6. The Balaban J connectivity index is 1.17. The van der Waals surface area contributed by atoms with Crippen LogP contribution < -0.4 is 53.2 Å². The molecule has 6 rings (SSSR count). The molecule has 0 bridgehead atoms. The second-order valence-electron chi connectivity index (χ2n) is 34.6. The fraction of sp³-hybridized carbons (Fsp3) is 0.533. The van der Waals surface area contributed by atoms with Crippen LogP contribution in [0.5, 0.6) is 5.75 Å². The highest BCUT2D eigenvalue weighted by Crippen LogP contribution is 2.37. The van der Waals surface area contributed by atoms with Gasteiger partial charge in [0.2, 0.25) is 35.5 Å². The number of anilines is 2. The average molecular weight is 2110 g/mol. The quantitative estimate of drug-likeness (QED) is 0.00614. The minimum Gasteiger partial charge on any atom is -0.495 e. The molecule has 0 fully saturated rings. The van der Waals surface area contributed by atoms with Crippen LogP contribution in [0.1, 0.15) is 125 Å². The summed E-state index contributed by atoms with van der Waals surface area (Å²) in [6, 6.07) is 7.78. The predicted molar refractivity (Wildman–Crippen MR) is 506 cm³/mol. The Morgan fingerprint density at radius 1 is 0.653 bits per heavy atom. The second kappa shape index (κ2) is 58.0. The number of Topliss-reactive ketones (excluding diaryl/α,β-unsaturated/α-hetero) is 3. The van der Waals surface area contributed by atoms with Crippen molar-refractivity contribution in [3.05, 3.63) is 129 Å². The van der Waals surface area contributed by atoms with Crippen molar-refractivity contribution in [1.29, 1.82) is 0 Å². The fourth-order valence-electron chi connectivity index (χ4n) is 14.3. The molecular formula is C90H118Cl2N12O38S2. The number of esters is 2. The van der Waals surface area contributed by atoms with Crippen LogP contribution in [0.25, 0.3) is 11.2 Å². The zero-order chi connectivity index (χ0) is 107. The molecule has 0 unspecified atom stereocenters. The number of cyclic esters (lactones) is 2. The van der Waals surface area contributed by atoms with Crippen molar-refractivity contribution in [2.75, 3.05) is 62.6 Å². The Bertz CT molecular complexity index is 5370. The summed E-state index contributed by atoms with van der Waals surface area (Å²) in [5.74, 6) is -31.8. The molecule has 5 aromatic rings. The number of carboxylic acids is 4. The largest absolute Gasteiger partial charge is 0.508 e. The molecule has 792 valence electrons. The van der Waals surface area contributed by atoms with Crippen LogP contribution in [-0.4, -0.2) is 351 Å². The lowest BCUT2D eigenvalue weighted by Crippen LogP contribution is -2.55. The van der Waals surface area contributed by atoms with Gasteiger partial charge in [-0.05, 0) is 86.2 Å². The summed E-state index contributed by atoms with van der Waals surface area (Å²) in [4.78, 5) is 247. The van der Waals surface area contributed by atoms with Crippen molar-refractivity contribution >= 4 is 162 Å². The number of H-pyrrole nitrogens is 1. The molecule has 26 N–H and O–H groups in total. The van der Waals surface area contributed by atoms with Crippen LogP contribution in [0, 0.1) is 35.0 Å². The first-order valence-electron chi connectivity index (χ1n) is 44.6. The minimum absolute atomic E-state index is 0.00287. The number of hydrogen-bond donors (Lipinski definition) is 25. The number of ketones is 3. The molecule has 2 aromatic heterocycles. The van der Waals surface area contributed by atoms with E-state index in [4.69, 9.17) is 52.6 Å². The number of carbonyl (C=O) groups excluding carboxylic acids is 12. The Labute approximate surface area is 838 Å². The molecule has 3 heterocycles. The standard InChI is InChI=1S/C90H118Cl2N12O38S2/c1-40(2)25-64-86(135)140-62(13-10-14-65(114)98-55(27-42-15-22-63(138-6)51(91)26-42)82(129)96-39-90(4,5)87(136)141-64)41(3)76(68(92)43-11-8-7-9-12-43)142-89(137)139-23-24-143-144-38-56(85(133)134)102-81(128)50(72(121)75(124)61(113)37-107)30-58(110)54(32-67(117)118)101-80(127)49(71(120)74(123)60(112)36-106)29-57(109)53(31-66(115)116)100-79(126)48(70(119)73(122)59(111)35-105)28-47(108)20-21-52(84(131)132)99-78(125)44-16-18-45(19-17-44)94-33-46-34-95-77-69(97-46)83(130)104-88(93)103-77/h7-12,14-19,22,26,34,40-41,48-50,52-56,59-62,64,68,70-76,94,105-107,111-113,119-124H,13,20-21,23-25,27-33,35-39H2,1-6H3,(H,96,129)(H,98,114)(H,99,125)(H,100,126)(H,101,127)(H,102,128)(H,115,116)(H,117,118)(H,131,132)(H,133,134)(H3,93,95,103,104,130)/b14-10+/t41-,48-,49-,50-,52-,53-,54-,55+,56+,59+,60+,61+,62-,64-,68-,70+,71+,72+,73+,74+,75+,76+/m0/s1. The molecule has 22 atom stereocenters. The topological polar surface area (TPSA) is 825 Å². The van der Waals surface area contributed by atoms with Gasteiger partial charge in [-0.25, -0.2) is 29.1 Å². The predicted octanol–water partition coefficient (Wildman–Crippen LogP) is -2.81. The smallest absolute Gasteiger partial charge is 0.495 e. The van der Waals surface area contributed by atoms with Crippen molar-refractivity contribution in [1.82, 2.24) is 51.8 Å². The Morgan fingerprint density at radius 3 is 1.71 bits per heavy atom. The van der Waals surface area contributed by atoms with E-state index in [9.17, 15) is 163 Å². The van der Waals surface area contributed by atoms with Crippen LogP contribution in [0.3, 0.4) is 0 Å². The van der Waals surface area contributed by atoms with Crippen molar-refractivity contribution in [2.45, 2.75) is 214 Å². The molecule has 0 saturated carbocycles. The number of nitrogens with two attached hydrogens (primary N) is 1. The summed E-state index contributed by atoms with van der Waals surface area (Å²) < 4.78 is 28.6. The van der Waals surface area contributed by atoms with Crippen molar-refractivity contribution < 1.29 is 182 Å². The van der Waals surface area contributed by atoms with Crippen LogP contribution in [0.4, 0.5) is 16.4 Å². The monoisotopic (exact) mass is 2110 g/mol. The Kier molecular flexibility index (Phi) is 48.5. The number of benzene rings is 3. The molecule has 144 heavy (non-hydrogen) atoms. The summed E-state index contributed by atoms with van der Waals surface area (Å²) in [5.41, 5.74) is 4.71. The number of ether oxygens (including phenoxy) is 5. The van der Waals surface area contributed by atoms with Gasteiger partial charge < -0.3 is 148 Å². The fourth-order valence-corrected chi connectivity index (χ4v) is 17.0. The number of aliphatic hydroxyl groups excluding tert-OH is 12. The molecular weight excluding hydrogens is 1990 g/mol. The summed E-state index contributed by atoms with van der Waals surface area (Å²) in [6.45, 7) is 2.89. The van der Waals surface area contributed by atoms with Gasteiger partial charge in [-0.2, -0.15) is 4.98 Å². The highest BCUT2D eigenvalue weighted by molar-refractivity contribution is 8.76. The van der Waals surface area contributed by atoms with Gasteiger partial charge in [0.05, 0.1) is 122 Å². The van der Waals surface area contributed by atoms with Gasteiger partial charge in [0.15, 0.2) is 28.8 Å². The maximum atomic E-state index is 14.6. The minimum atomic E-state index is -2.88. The SMILES string of the molecule is COc1ccc(C[C@H]2NC(=O)/C=C/C[C@@H]([C@H](C)[C@@H](OC(=O)OCCSSC[C@@H](NC(=O)[C@@H](CC(=O)[C@H](CC(=O)O)NC(=O)[C@@H](CC(=O)[C@H](CC(=O)O)NC(=O)[C@@H](CC(=O)CC[C@H](NC(=O)c3ccc(NCc4cnc5nc(N)[nH]c(=O)c5n4)cc3)C(=O)O)[C@@H](O)[C@H](O)[C@H](O)CO)[C@@H](O)[C@H](O)[C@H](O)CO)[C@@H](O)[C@H](O)[C@H](O)CO)C(=O)O)[C@@H](Cl)c3ccccc3)OC(=O)[C@H](CC(C)C)OC(=O)C(C)(C)CNC2=O)cc1Cl. The average Bonchev–Trinajstić information content (AvgIpc) is 0.794. The molecule has 6 amide bonds. The zero-order valence-electron chi connectivity index (χ0n) is 78.3. The summed E-state index contributed by atoms with van der Waals surface area (Å²) in [6.07, 6.45) is -35.3. The Morgan fingerprint density at radius 2 is 1.19 bits per heavy atom. The van der Waals surface area contributed by atoms with E-state index in [1.807, 2.05) is 16.0 Å². The maximum absolute atomic E-state index is 14.6. The van der Waals surface area contributed by atoms with Gasteiger partial charge in [-0.1, -0.05) is 96.4 Å². The zero-order valence-corrected chi connectivity index (χ0v) is 81.4. The number of halogens is 2. The van der Waals surface area contributed by atoms with E-state index in [0.29, 0.717) is 33.4 Å². The number of nitrogens with one attached hydrogen (secondary N) is 8. The molecule has 0 saturated heterocycles. The molecule has 50 nitrogen and oxygen atoms in total. The number of aliphatic carboxylic acids is 4. The number of aromatic nitrogens is 4. The third kappa shape index (κ3) is 37.1. The highest BCUT2D eigenvalue weighted by Gasteiger charge is 2.47. The number of alkyl halides is 1. The molecule has 0 aliphatic carbocycles. The van der Waals surface area contributed by atoms with Crippen molar-refractivity contribution in [3.63, 3.8) is 0 Å². The van der Waals surface area contributed by atoms with Gasteiger partial charge in [0.25, 0.3) is 11.5 Å². The van der Waals surface area contributed by atoms with E-state index in [2.05, 4.69) is 41.2 Å². The number of aliphatic hydroxyl groups is 12. The van der Waals surface area contributed by atoms with E-state index in [1.165, 1.54) is 70.5 Å². The van der Waals surface area contributed by atoms with Crippen LogP contribution in [0.15, 0.2) is 95.9 Å². The number of nitrogen functional groups attached to an aromatic ring is 1. The lowest BCUT2D eigenvalue weighted by atomic mass is 9.85. The molecule has 0 radical (unpaired) electrons. The number of carbonyl (C=O) groups is 16. The van der Waals surface area contributed by atoms with Gasteiger partial charge in [-0.15, -0.1) is 11.6 Å². The van der Waals surface area contributed by atoms with E-state index in [0.717, 1.165) is 16.9 Å². The molecule has 1 aliphatic rings. The maximum Gasteiger partial charge on any atom is 0.508 e. The molecule has 54 heteroatoms. The van der Waals surface area contributed by atoms with Crippen LogP contribution in [-0.2, 0) is 99.0 Å². The third-order valence-corrected chi connectivity index (χ3v) is 25.8. The van der Waals surface area contributed by atoms with E-state index >= 15 is 0 Å². The second-order valence-corrected chi connectivity index (χ2v) is 38.1. The van der Waals surface area contributed by atoms with E-state index in [1.54, 1.807) is 56.3 Å². The number of methoxy groups -OCH3 is 1. The lowest BCUT2D eigenvalue weighted by Gasteiger charge is -2.34. The van der Waals surface area contributed by atoms with Crippen LogP contribution in [0.2, 0.25) is 5.02 Å². The lowest BCUT2D eigenvalue weighted by molar-refractivity contribution is -0.180. The van der Waals surface area contributed by atoms with Crippen molar-refractivity contribution in [2.24, 2.45) is 35.0 Å². The first-order chi connectivity index (χ1) is 67.8. The van der Waals surface area contributed by atoms with Crippen molar-refractivity contribution in [3.8, 4) is 5.75 Å². The number of hydrogen-bond acceptors (Lipinski definition) is 41. The number of carboxylic acid groups (broad SMARTS) is 4. The van der Waals surface area contributed by atoms with Gasteiger partial charge in [0, 0.05) is 73.7 Å². The molecule has 1 aliphatic heterocycles. The number of amides is 6. The first-order valence-corrected chi connectivity index (χ1v) is 47.9. The summed E-state index contributed by atoms with van der Waals surface area (Å²) in [5, 5.41) is 183. The number of aromatic amines is 1. The Hall–Kier alpha value is -12.3. The normalized spacial score (nSPS) is 18.9. The van der Waals surface area contributed by atoms with Gasteiger partial charge in [0.1, 0.15) is 85.1 Å². The summed E-state index contributed by atoms with van der Waals surface area (Å²) in [7, 11) is 2.89. The van der Waals surface area contributed by atoms with Gasteiger partial charge >= 0.3 is 42.0 Å². The summed E-state index contributed by atoms with van der Waals surface area (Å²) >= 11 is 13.6. The van der Waals surface area contributed by atoms with Gasteiger partial charge in [-0.3, -0.25) is 67.3 Å². The number of fused-ring (bicyclic) bond motifs is 1. The number of rotatable bonds is 56. The molecule has 3 aromatic carbocycles. The number of nitrogens with zero attached hydrogens (tertiary/aromatic N) is 3. The van der Waals surface area contributed by atoms with E-state index < -0.39 is 315 Å². The van der Waals surface area contributed by atoms with E-state index in [-0.39, 0.29) is 77.4 Å². The first kappa shape index (κ1) is 120. The highest BCUT2D eigenvalue weighted by atomic mass is 35.5. The van der Waals surface area contributed by atoms with Crippen LogP contribution >= 0.6 is 44.8 Å². The molecule has 0 spiro atoms.